The van der Waals surface area contributed by atoms with Gasteiger partial charge in [-0.15, -0.1) is 0 Å². The fraction of sp³-hybridized carbons (Fsp3) is 0.286. The Bertz CT molecular complexity index is 678. The van der Waals surface area contributed by atoms with E-state index in [-0.39, 0.29) is 10.6 Å². The van der Waals surface area contributed by atoms with E-state index in [4.69, 9.17) is 10.2 Å². The molecule has 0 fully saturated rings. The molecule has 0 unspecified atom stereocenters. The van der Waals surface area contributed by atoms with Crippen LogP contribution < -0.4 is 10.6 Å². The zero-order chi connectivity index (χ0) is 14.8. The van der Waals surface area contributed by atoms with Crippen molar-refractivity contribution in [1.82, 2.24) is 0 Å². The van der Waals surface area contributed by atoms with Crippen molar-refractivity contribution in [2.75, 3.05) is 23.4 Å². The third-order valence-corrected chi connectivity index (χ3v) is 4.25. The Morgan fingerprint density at radius 1 is 1.25 bits per heavy atom. The zero-order valence-electron chi connectivity index (χ0n) is 11.5. The summed E-state index contributed by atoms with van der Waals surface area (Å²) >= 11 is 0. The normalized spacial score (nSPS) is 11.5. The quantitative estimate of drug-likeness (QED) is 0.856. The standard InChI is InChI=1S/C14H18N2O3S/c1-3-16(10-11-6-5-9-19-11)12-7-4-8-13(14(12)15)20(2,17)18/h4-9H,3,10,15H2,1-2H3. The number of furan rings is 1. The number of nitrogen functional groups attached to an aromatic ring is 1. The largest absolute Gasteiger partial charge is 0.467 e. The van der Waals surface area contributed by atoms with E-state index >= 15 is 0 Å². The lowest BCUT2D eigenvalue weighted by molar-refractivity contribution is 0.504. The molecule has 2 N–H and O–H groups in total. The minimum Gasteiger partial charge on any atom is -0.467 e. The molecule has 5 nitrogen and oxygen atoms in total. The Kier molecular flexibility index (Phi) is 4.04. The van der Waals surface area contributed by atoms with E-state index in [0.717, 1.165) is 12.0 Å². The van der Waals surface area contributed by atoms with Crippen LogP contribution >= 0.6 is 0 Å². The molecule has 0 atom stereocenters. The van der Waals surface area contributed by atoms with Crippen LogP contribution in [-0.2, 0) is 16.4 Å². The lowest BCUT2D eigenvalue weighted by Crippen LogP contribution is -2.23. The summed E-state index contributed by atoms with van der Waals surface area (Å²) in [7, 11) is -3.33. The van der Waals surface area contributed by atoms with Gasteiger partial charge in [-0.3, -0.25) is 0 Å². The van der Waals surface area contributed by atoms with Crippen molar-refractivity contribution >= 4 is 21.2 Å². The molecule has 1 heterocycles. The van der Waals surface area contributed by atoms with Gasteiger partial charge >= 0.3 is 0 Å². The molecule has 0 saturated carbocycles. The molecule has 1 aromatic carbocycles. The summed E-state index contributed by atoms with van der Waals surface area (Å²) in [6.45, 7) is 3.22. The SMILES string of the molecule is CCN(Cc1ccco1)c1cccc(S(C)(=O)=O)c1N. The number of benzene rings is 1. The maximum atomic E-state index is 11.7. The summed E-state index contributed by atoms with van der Waals surface area (Å²) < 4.78 is 28.8. The van der Waals surface area contributed by atoms with Gasteiger partial charge in [0, 0.05) is 12.8 Å². The van der Waals surface area contributed by atoms with Crippen molar-refractivity contribution in [2.24, 2.45) is 0 Å². The highest BCUT2D eigenvalue weighted by molar-refractivity contribution is 7.90. The summed E-state index contributed by atoms with van der Waals surface area (Å²) in [5, 5.41) is 0. The van der Waals surface area contributed by atoms with Gasteiger partial charge in [-0.05, 0) is 31.2 Å². The molecular weight excluding hydrogens is 276 g/mol. The van der Waals surface area contributed by atoms with Crippen LogP contribution in [-0.4, -0.2) is 21.2 Å². The van der Waals surface area contributed by atoms with Crippen LogP contribution in [0.4, 0.5) is 11.4 Å². The second-order valence-corrected chi connectivity index (χ2v) is 6.54. The fourth-order valence-corrected chi connectivity index (χ4v) is 2.92. The smallest absolute Gasteiger partial charge is 0.177 e. The Morgan fingerprint density at radius 2 is 2.00 bits per heavy atom. The number of hydrogen-bond acceptors (Lipinski definition) is 5. The van der Waals surface area contributed by atoms with E-state index < -0.39 is 9.84 Å². The molecule has 2 aromatic rings. The first-order valence-electron chi connectivity index (χ1n) is 6.29. The van der Waals surface area contributed by atoms with E-state index in [0.29, 0.717) is 18.8 Å². The van der Waals surface area contributed by atoms with E-state index in [1.807, 2.05) is 30.0 Å². The number of hydrogen-bond donors (Lipinski definition) is 1. The molecule has 0 aliphatic carbocycles. The predicted molar refractivity (Wildman–Crippen MR) is 79.4 cm³/mol. The molecule has 0 spiro atoms. The minimum absolute atomic E-state index is 0.160. The maximum Gasteiger partial charge on any atom is 0.177 e. The van der Waals surface area contributed by atoms with E-state index in [9.17, 15) is 8.42 Å². The Balaban J connectivity index is 2.40. The third-order valence-electron chi connectivity index (χ3n) is 3.09. The third kappa shape index (κ3) is 2.96. The Hall–Kier alpha value is -1.95. The monoisotopic (exact) mass is 294 g/mol. The number of sulfone groups is 1. The summed E-state index contributed by atoms with van der Waals surface area (Å²) in [4.78, 5) is 2.14. The highest BCUT2D eigenvalue weighted by Gasteiger charge is 2.17. The number of anilines is 2. The average Bonchev–Trinajstić information content (AvgIpc) is 2.88. The lowest BCUT2D eigenvalue weighted by atomic mass is 10.2. The van der Waals surface area contributed by atoms with Crippen LogP contribution in [0.2, 0.25) is 0 Å². The highest BCUT2D eigenvalue weighted by atomic mass is 32.2. The van der Waals surface area contributed by atoms with Gasteiger partial charge in [0.05, 0.1) is 29.1 Å². The van der Waals surface area contributed by atoms with Gasteiger partial charge < -0.3 is 15.1 Å². The summed E-state index contributed by atoms with van der Waals surface area (Å²) in [5.74, 6) is 0.802. The first-order valence-corrected chi connectivity index (χ1v) is 8.18. The maximum absolute atomic E-state index is 11.7. The van der Waals surface area contributed by atoms with Gasteiger partial charge in [-0.2, -0.15) is 0 Å². The molecule has 0 bridgehead atoms. The van der Waals surface area contributed by atoms with E-state index in [2.05, 4.69) is 0 Å². The summed E-state index contributed by atoms with van der Waals surface area (Å²) in [6, 6.07) is 8.73. The number of nitrogens with zero attached hydrogens (tertiary/aromatic N) is 1. The second-order valence-electron chi connectivity index (χ2n) is 4.55. The topological polar surface area (TPSA) is 76.5 Å². The minimum atomic E-state index is -3.33. The van der Waals surface area contributed by atoms with Gasteiger partial charge in [0.1, 0.15) is 5.76 Å². The van der Waals surface area contributed by atoms with Gasteiger partial charge in [0.2, 0.25) is 0 Å². The van der Waals surface area contributed by atoms with E-state index in [1.165, 1.54) is 6.07 Å². The molecule has 0 radical (unpaired) electrons. The highest BCUT2D eigenvalue weighted by Crippen LogP contribution is 2.30. The van der Waals surface area contributed by atoms with Crippen molar-refractivity contribution in [1.29, 1.82) is 0 Å². The first kappa shape index (κ1) is 14.5. The zero-order valence-corrected chi connectivity index (χ0v) is 12.4. The molecule has 1 aromatic heterocycles. The number of rotatable bonds is 5. The van der Waals surface area contributed by atoms with E-state index in [1.54, 1.807) is 12.3 Å². The van der Waals surface area contributed by atoms with Crippen molar-refractivity contribution in [2.45, 2.75) is 18.4 Å². The molecule has 2 rings (SSSR count). The van der Waals surface area contributed by atoms with Crippen LogP contribution in [0.25, 0.3) is 0 Å². The predicted octanol–water partition coefficient (Wildman–Crippen LogP) is 2.29. The van der Waals surface area contributed by atoms with Crippen LogP contribution in [0.1, 0.15) is 12.7 Å². The van der Waals surface area contributed by atoms with Crippen LogP contribution in [0.15, 0.2) is 45.9 Å². The molecule has 20 heavy (non-hydrogen) atoms. The van der Waals surface area contributed by atoms with Gasteiger partial charge in [-0.1, -0.05) is 6.07 Å². The van der Waals surface area contributed by atoms with Gasteiger partial charge in [0.15, 0.2) is 9.84 Å². The average molecular weight is 294 g/mol. The summed E-state index contributed by atoms with van der Waals surface area (Å²) in [6.07, 6.45) is 2.77. The summed E-state index contributed by atoms with van der Waals surface area (Å²) in [5.41, 5.74) is 7.01. The molecule has 108 valence electrons. The molecule has 6 heteroatoms. The molecule has 0 aliphatic rings. The van der Waals surface area contributed by atoms with Crippen LogP contribution in [0.5, 0.6) is 0 Å². The van der Waals surface area contributed by atoms with Gasteiger partial charge in [-0.25, -0.2) is 8.42 Å². The van der Waals surface area contributed by atoms with Crippen LogP contribution in [0.3, 0.4) is 0 Å². The molecule has 0 saturated heterocycles. The Morgan fingerprint density at radius 3 is 2.55 bits per heavy atom. The van der Waals surface area contributed by atoms with Crippen molar-refractivity contribution in [3.63, 3.8) is 0 Å². The Labute approximate surface area is 118 Å². The number of para-hydroxylation sites is 1. The molecular formula is C14H18N2O3S. The number of nitrogens with two attached hydrogens (primary N) is 1. The first-order chi connectivity index (χ1) is 9.43. The fourth-order valence-electron chi connectivity index (χ4n) is 2.09. The van der Waals surface area contributed by atoms with Crippen molar-refractivity contribution in [3.05, 3.63) is 42.4 Å². The van der Waals surface area contributed by atoms with Gasteiger partial charge in [0.25, 0.3) is 0 Å². The van der Waals surface area contributed by atoms with Crippen LogP contribution in [0, 0.1) is 0 Å². The second kappa shape index (κ2) is 5.58. The molecule has 0 amide bonds. The molecule has 0 aliphatic heterocycles. The van der Waals surface area contributed by atoms with Crippen molar-refractivity contribution < 1.29 is 12.8 Å². The lowest BCUT2D eigenvalue weighted by Gasteiger charge is -2.24. The van der Waals surface area contributed by atoms with Crippen molar-refractivity contribution in [3.8, 4) is 0 Å².